The molecule has 0 unspecified atom stereocenters. The second kappa shape index (κ2) is 14.3. The van der Waals surface area contributed by atoms with Gasteiger partial charge in [-0.2, -0.15) is 0 Å². The van der Waals surface area contributed by atoms with E-state index in [1.54, 1.807) is 26.2 Å². The molecule has 0 amide bonds. The summed E-state index contributed by atoms with van der Waals surface area (Å²) < 4.78 is 22.5. The smallest absolute Gasteiger partial charge is 0.342 e. The van der Waals surface area contributed by atoms with Crippen molar-refractivity contribution in [1.82, 2.24) is 0 Å². The van der Waals surface area contributed by atoms with Crippen LogP contribution in [0.25, 0.3) is 6.08 Å². The number of hydrogen-bond donors (Lipinski definition) is 1. The number of carbonyl (C=O) groups is 3. The molecule has 8 heteroatoms. The number of fused-ring (bicyclic) bond motifs is 2. The molecule has 0 saturated heterocycles. The number of phenolic OH excluding ortho intramolecular Hbond substituents is 1. The normalized spacial score (nSPS) is 19.2. The number of methoxy groups -OCH3 is 1. The average Bonchev–Trinajstić information content (AvgIpc) is 3.00. The fourth-order valence-electron chi connectivity index (χ4n) is 5.68. The van der Waals surface area contributed by atoms with Crippen LogP contribution in [0.3, 0.4) is 0 Å². The van der Waals surface area contributed by atoms with E-state index in [1.807, 2.05) is 54.6 Å². The third-order valence-electron chi connectivity index (χ3n) is 8.08. The number of ether oxygens (including phenoxy) is 4. The molecule has 2 atom stereocenters. The first-order valence-corrected chi connectivity index (χ1v) is 15.2. The Morgan fingerprint density at radius 2 is 1.68 bits per heavy atom. The number of allylic oxidation sites excluding steroid dienone is 1. The summed E-state index contributed by atoms with van der Waals surface area (Å²) in [4.78, 5) is 38.3. The van der Waals surface area contributed by atoms with Gasteiger partial charge < -0.3 is 24.1 Å². The molecular formula is C36H38O8. The zero-order chi connectivity index (χ0) is 31.1. The van der Waals surface area contributed by atoms with Crippen LogP contribution in [0.5, 0.6) is 23.0 Å². The highest BCUT2D eigenvalue weighted by atomic mass is 16.5. The molecule has 8 nitrogen and oxygen atoms in total. The van der Waals surface area contributed by atoms with Gasteiger partial charge >= 0.3 is 11.9 Å². The van der Waals surface area contributed by atoms with Crippen LogP contribution in [0.1, 0.15) is 90.4 Å². The SMILES string of the molecule is COc1ccc(CCOc2ccc([C@H]3CC(=O)Oc4cc5c(c(O)c43)C(=O)O[C@H](C)CCCC(=O)CCCC=C5)cc2)cc1. The van der Waals surface area contributed by atoms with Crippen LogP contribution < -0.4 is 14.2 Å². The predicted octanol–water partition coefficient (Wildman–Crippen LogP) is 6.95. The van der Waals surface area contributed by atoms with E-state index in [0.717, 1.165) is 23.3 Å². The van der Waals surface area contributed by atoms with Crippen LogP contribution in [0.15, 0.2) is 60.7 Å². The lowest BCUT2D eigenvalue weighted by molar-refractivity contribution is -0.135. The van der Waals surface area contributed by atoms with Crippen molar-refractivity contribution < 1.29 is 38.4 Å². The minimum atomic E-state index is -0.655. The minimum absolute atomic E-state index is 0.00629. The van der Waals surface area contributed by atoms with E-state index >= 15 is 0 Å². The quantitative estimate of drug-likeness (QED) is 0.240. The highest BCUT2D eigenvalue weighted by Gasteiger charge is 2.35. The van der Waals surface area contributed by atoms with Gasteiger partial charge in [0.1, 0.15) is 34.3 Å². The van der Waals surface area contributed by atoms with Crippen molar-refractivity contribution in [2.24, 2.45) is 0 Å². The first-order chi connectivity index (χ1) is 21.3. The summed E-state index contributed by atoms with van der Waals surface area (Å²) in [5.74, 6) is 0.0331. The van der Waals surface area contributed by atoms with Crippen LogP contribution in [-0.2, 0) is 20.7 Å². The van der Waals surface area contributed by atoms with Crippen molar-refractivity contribution in [3.05, 3.63) is 88.5 Å². The molecule has 1 N–H and O–H groups in total. The van der Waals surface area contributed by atoms with E-state index in [1.165, 1.54) is 0 Å². The van der Waals surface area contributed by atoms with E-state index in [9.17, 15) is 19.5 Å². The Morgan fingerprint density at radius 1 is 0.955 bits per heavy atom. The van der Waals surface area contributed by atoms with Gasteiger partial charge in [-0.1, -0.05) is 36.4 Å². The second-order valence-corrected chi connectivity index (χ2v) is 11.3. The van der Waals surface area contributed by atoms with Crippen LogP contribution >= 0.6 is 0 Å². The molecule has 3 aromatic rings. The van der Waals surface area contributed by atoms with Crippen LogP contribution in [0.2, 0.25) is 0 Å². The Balaban J connectivity index is 1.39. The number of phenols is 1. The maximum Gasteiger partial charge on any atom is 0.342 e. The van der Waals surface area contributed by atoms with Gasteiger partial charge in [0.05, 0.1) is 26.2 Å². The van der Waals surface area contributed by atoms with Crippen LogP contribution in [0.4, 0.5) is 0 Å². The first-order valence-electron chi connectivity index (χ1n) is 15.2. The van der Waals surface area contributed by atoms with Crippen molar-refractivity contribution in [2.75, 3.05) is 13.7 Å². The van der Waals surface area contributed by atoms with Crippen molar-refractivity contribution in [3.63, 3.8) is 0 Å². The number of aromatic hydroxyl groups is 1. The fraction of sp³-hybridized carbons (Fsp3) is 0.361. The highest BCUT2D eigenvalue weighted by molar-refractivity contribution is 5.98. The highest BCUT2D eigenvalue weighted by Crippen LogP contribution is 2.47. The van der Waals surface area contributed by atoms with Gasteiger partial charge in [-0.3, -0.25) is 9.59 Å². The summed E-state index contributed by atoms with van der Waals surface area (Å²) in [5.41, 5.74) is 2.73. The van der Waals surface area contributed by atoms with E-state index in [4.69, 9.17) is 18.9 Å². The number of cyclic esters (lactones) is 1. The molecule has 0 radical (unpaired) electrons. The van der Waals surface area contributed by atoms with E-state index < -0.39 is 24.0 Å². The number of Topliss-reactive ketones (excluding diaryl/α,β-unsaturated/α-hetero) is 1. The van der Waals surface area contributed by atoms with Crippen molar-refractivity contribution in [1.29, 1.82) is 0 Å². The maximum absolute atomic E-state index is 13.4. The molecule has 2 heterocycles. The van der Waals surface area contributed by atoms with E-state index in [0.29, 0.717) is 62.0 Å². The molecule has 0 aliphatic carbocycles. The Hall–Kier alpha value is -4.59. The number of carbonyl (C=O) groups excluding carboxylic acids is 3. The largest absolute Gasteiger partial charge is 0.507 e. The number of rotatable bonds is 6. The number of ketones is 1. The van der Waals surface area contributed by atoms with Crippen molar-refractivity contribution in [3.8, 4) is 23.0 Å². The Labute approximate surface area is 257 Å². The monoisotopic (exact) mass is 598 g/mol. The van der Waals surface area contributed by atoms with E-state index in [-0.39, 0.29) is 29.3 Å². The Kier molecular flexibility index (Phi) is 10.00. The summed E-state index contributed by atoms with van der Waals surface area (Å²) in [6.45, 7) is 2.27. The van der Waals surface area contributed by atoms with Crippen LogP contribution in [-0.4, -0.2) is 42.6 Å². The summed E-state index contributed by atoms with van der Waals surface area (Å²) in [6.07, 6.45) is 7.33. The van der Waals surface area contributed by atoms with Crippen molar-refractivity contribution >= 4 is 23.8 Å². The molecule has 3 aromatic carbocycles. The molecule has 0 saturated carbocycles. The molecular weight excluding hydrogens is 560 g/mol. The molecule has 0 spiro atoms. The average molecular weight is 599 g/mol. The zero-order valence-corrected chi connectivity index (χ0v) is 25.2. The summed E-state index contributed by atoms with van der Waals surface area (Å²) in [7, 11) is 1.64. The lowest BCUT2D eigenvalue weighted by Gasteiger charge is -2.28. The zero-order valence-electron chi connectivity index (χ0n) is 25.2. The van der Waals surface area contributed by atoms with Gasteiger partial charge in [0.15, 0.2) is 0 Å². The molecule has 2 aliphatic heterocycles. The fourth-order valence-corrected chi connectivity index (χ4v) is 5.68. The molecule has 230 valence electrons. The second-order valence-electron chi connectivity index (χ2n) is 11.3. The van der Waals surface area contributed by atoms with Gasteiger partial charge in [0.2, 0.25) is 0 Å². The Morgan fingerprint density at radius 3 is 2.43 bits per heavy atom. The lowest BCUT2D eigenvalue weighted by Crippen LogP contribution is -2.23. The van der Waals surface area contributed by atoms with Gasteiger partial charge in [0.25, 0.3) is 0 Å². The minimum Gasteiger partial charge on any atom is -0.507 e. The molecule has 0 aromatic heterocycles. The van der Waals surface area contributed by atoms with Gasteiger partial charge in [0, 0.05) is 30.7 Å². The summed E-state index contributed by atoms with van der Waals surface area (Å²) in [5, 5.41) is 11.6. The standard InChI is InChI=1S/C36H38O8/c1-23-7-6-10-27(37)9-5-3-4-8-26-21-31-34(35(39)33(26)36(40)43-23)30(22-32(38)44-31)25-13-17-29(18-14-25)42-20-19-24-11-15-28(41-2)16-12-24/h4,8,11-18,21,23,30,39H,3,5-7,9-10,19-20,22H2,1-2H3/t23-,30-/m1/s1. The number of esters is 2. The molecule has 0 bridgehead atoms. The molecule has 2 aliphatic rings. The van der Waals surface area contributed by atoms with Gasteiger partial charge in [-0.25, -0.2) is 4.79 Å². The van der Waals surface area contributed by atoms with Crippen LogP contribution in [0, 0.1) is 0 Å². The summed E-state index contributed by atoms with van der Waals surface area (Å²) in [6, 6.07) is 16.9. The molecule has 44 heavy (non-hydrogen) atoms. The molecule has 0 fully saturated rings. The summed E-state index contributed by atoms with van der Waals surface area (Å²) >= 11 is 0. The topological polar surface area (TPSA) is 108 Å². The third-order valence-corrected chi connectivity index (χ3v) is 8.08. The lowest BCUT2D eigenvalue weighted by atomic mass is 9.83. The van der Waals surface area contributed by atoms with Gasteiger partial charge in [-0.05, 0) is 79.6 Å². The number of benzene rings is 3. The third kappa shape index (κ3) is 7.48. The van der Waals surface area contributed by atoms with Gasteiger partial charge in [-0.15, -0.1) is 0 Å². The maximum atomic E-state index is 13.4. The first kappa shape index (κ1) is 30.9. The van der Waals surface area contributed by atoms with E-state index in [2.05, 4.69) is 0 Å². The van der Waals surface area contributed by atoms with Crippen molar-refractivity contribution in [2.45, 2.75) is 70.3 Å². The predicted molar refractivity (Wildman–Crippen MR) is 165 cm³/mol. The number of hydrogen-bond acceptors (Lipinski definition) is 8. The Bertz CT molecular complexity index is 1520. The molecule has 5 rings (SSSR count).